The number of aromatic hydroxyl groups is 1. The van der Waals surface area contributed by atoms with E-state index in [0.717, 1.165) is 16.5 Å². The zero-order valence-electron chi connectivity index (χ0n) is 8.51. The molecule has 0 aliphatic heterocycles. The first-order chi connectivity index (χ1) is 7.24. The predicted molar refractivity (Wildman–Crippen MR) is 61.1 cm³/mol. The minimum atomic E-state index is -0.0469. The molecular formula is C12H13NO2. The molecule has 0 radical (unpaired) electrons. The maximum absolute atomic E-state index is 9.67. The van der Waals surface area contributed by atoms with Gasteiger partial charge in [0.05, 0.1) is 0 Å². The molecule has 0 aromatic heterocycles. The number of benzene rings is 2. The second-order valence-corrected chi connectivity index (χ2v) is 3.49. The number of hydrogen-bond donors (Lipinski definition) is 2. The predicted octanol–water partition coefficient (Wildman–Crippen LogP) is 1.93. The van der Waals surface area contributed by atoms with E-state index in [0.29, 0.717) is 0 Å². The molecule has 3 heteroatoms. The van der Waals surface area contributed by atoms with E-state index >= 15 is 0 Å². The molecule has 0 amide bonds. The van der Waals surface area contributed by atoms with Crippen molar-refractivity contribution in [3.63, 3.8) is 0 Å². The highest BCUT2D eigenvalue weighted by atomic mass is 16.3. The van der Waals surface area contributed by atoms with E-state index < -0.39 is 0 Å². The van der Waals surface area contributed by atoms with Crippen molar-refractivity contribution < 1.29 is 10.2 Å². The summed E-state index contributed by atoms with van der Waals surface area (Å²) in [6.07, 6.45) is 0. The number of anilines is 1. The number of phenols is 1. The fourth-order valence-corrected chi connectivity index (χ4v) is 1.69. The first-order valence-electron chi connectivity index (χ1n) is 4.76. The van der Waals surface area contributed by atoms with E-state index in [1.54, 1.807) is 24.1 Å². The highest BCUT2D eigenvalue weighted by Gasteiger charge is 2.06. The van der Waals surface area contributed by atoms with E-state index in [4.69, 9.17) is 5.11 Å². The summed E-state index contributed by atoms with van der Waals surface area (Å²) in [6, 6.07) is 11.0. The monoisotopic (exact) mass is 203 g/mol. The summed E-state index contributed by atoms with van der Waals surface area (Å²) in [4.78, 5) is 1.72. The molecule has 2 aromatic rings. The van der Waals surface area contributed by atoms with Gasteiger partial charge in [0.1, 0.15) is 12.5 Å². The van der Waals surface area contributed by atoms with Gasteiger partial charge in [-0.3, -0.25) is 0 Å². The van der Waals surface area contributed by atoms with Crippen molar-refractivity contribution in [3.8, 4) is 5.75 Å². The van der Waals surface area contributed by atoms with Crippen molar-refractivity contribution in [1.29, 1.82) is 0 Å². The van der Waals surface area contributed by atoms with Crippen LogP contribution in [0.1, 0.15) is 0 Å². The zero-order chi connectivity index (χ0) is 10.8. The third-order valence-electron chi connectivity index (χ3n) is 2.50. The molecule has 15 heavy (non-hydrogen) atoms. The van der Waals surface area contributed by atoms with Crippen LogP contribution < -0.4 is 4.90 Å². The van der Waals surface area contributed by atoms with E-state index in [1.807, 2.05) is 24.3 Å². The third-order valence-corrected chi connectivity index (χ3v) is 2.50. The molecule has 78 valence electrons. The number of aliphatic hydroxyl groups excluding tert-OH is 1. The molecule has 0 aliphatic carbocycles. The van der Waals surface area contributed by atoms with Gasteiger partial charge < -0.3 is 15.1 Å². The lowest BCUT2D eigenvalue weighted by atomic mass is 10.1. The molecule has 2 rings (SSSR count). The molecule has 0 fully saturated rings. The molecular weight excluding hydrogens is 190 g/mol. The van der Waals surface area contributed by atoms with Crippen LogP contribution in [0.25, 0.3) is 10.8 Å². The van der Waals surface area contributed by atoms with Crippen LogP contribution in [0.4, 0.5) is 5.69 Å². The summed E-state index contributed by atoms with van der Waals surface area (Å²) in [6.45, 7) is -0.0469. The molecule has 0 aliphatic rings. The number of aliphatic hydroxyl groups is 1. The maximum Gasteiger partial charge on any atom is 0.123 e. The second kappa shape index (κ2) is 3.79. The van der Waals surface area contributed by atoms with Crippen molar-refractivity contribution in [2.24, 2.45) is 0 Å². The van der Waals surface area contributed by atoms with Gasteiger partial charge in [-0.25, -0.2) is 0 Å². The highest BCUT2D eigenvalue weighted by Crippen LogP contribution is 2.31. The lowest BCUT2D eigenvalue weighted by molar-refractivity contribution is 0.299. The van der Waals surface area contributed by atoms with Crippen molar-refractivity contribution in [1.82, 2.24) is 0 Å². The summed E-state index contributed by atoms with van der Waals surface area (Å²) in [5.41, 5.74) is 0.908. The smallest absolute Gasteiger partial charge is 0.123 e. The van der Waals surface area contributed by atoms with Gasteiger partial charge in [0, 0.05) is 23.5 Å². The van der Waals surface area contributed by atoms with Crippen molar-refractivity contribution in [2.45, 2.75) is 0 Å². The average Bonchev–Trinajstić information content (AvgIpc) is 2.28. The number of nitrogens with zero attached hydrogens (tertiary/aromatic N) is 1. The molecule has 3 nitrogen and oxygen atoms in total. The topological polar surface area (TPSA) is 43.7 Å². The van der Waals surface area contributed by atoms with Gasteiger partial charge in [-0.15, -0.1) is 0 Å². The van der Waals surface area contributed by atoms with Crippen LogP contribution >= 0.6 is 0 Å². The van der Waals surface area contributed by atoms with Gasteiger partial charge in [-0.1, -0.05) is 24.3 Å². The van der Waals surface area contributed by atoms with Gasteiger partial charge in [0.25, 0.3) is 0 Å². The van der Waals surface area contributed by atoms with Crippen LogP contribution in [0.2, 0.25) is 0 Å². The van der Waals surface area contributed by atoms with Gasteiger partial charge in [-0.2, -0.15) is 0 Å². The quantitative estimate of drug-likeness (QED) is 0.733. The Bertz CT molecular complexity index is 482. The minimum Gasteiger partial charge on any atom is -0.507 e. The average molecular weight is 203 g/mol. The Morgan fingerprint density at radius 2 is 1.73 bits per heavy atom. The fourth-order valence-electron chi connectivity index (χ4n) is 1.69. The number of hydrogen-bond acceptors (Lipinski definition) is 3. The highest BCUT2D eigenvalue weighted by molar-refractivity contribution is 5.97. The van der Waals surface area contributed by atoms with Crippen molar-refractivity contribution in [2.75, 3.05) is 18.7 Å². The largest absolute Gasteiger partial charge is 0.507 e. The van der Waals surface area contributed by atoms with Gasteiger partial charge in [-0.05, 0) is 12.1 Å². The molecule has 0 bridgehead atoms. The van der Waals surface area contributed by atoms with E-state index in [2.05, 4.69) is 0 Å². The summed E-state index contributed by atoms with van der Waals surface area (Å²) in [5.74, 6) is 0.265. The van der Waals surface area contributed by atoms with E-state index in [9.17, 15) is 5.11 Å². The summed E-state index contributed by atoms with van der Waals surface area (Å²) >= 11 is 0. The zero-order valence-corrected chi connectivity index (χ0v) is 8.51. The molecule has 0 spiro atoms. The van der Waals surface area contributed by atoms with E-state index in [1.165, 1.54) is 0 Å². The van der Waals surface area contributed by atoms with Crippen LogP contribution in [0.3, 0.4) is 0 Å². The molecule has 0 saturated carbocycles. The Morgan fingerprint density at radius 1 is 1.07 bits per heavy atom. The number of fused-ring (bicyclic) bond motifs is 1. The Balaban J connectivity index is 2.71. The molecule has 0 atom stereocenters. The van der Waals surface area contributed by atoms with Crippen LogP contribution in [0.5, 0.6) is 5.75 Å². The van der Waals surface area contributed by atoms with Gasteiger partial charge in [0.2, 0.25) is 0 Å². The molecule has 2 aromatic carbocycles. The van der Waals surface area contributed by atoms with Crippen LogP contribution in [0, 0.1) is 0 Å². The molecule has 0 heterocycles. The number of phenolic OH excluding ortho intramolecular Hbond substituents is 1. The normalized spacial score (nSPS) is 10.5. The Hall–Kier alpha value is -1.74. The maximum atomic E-state index is 9.67. The Labute approximate surface area is 88.2 Å². The SMILES string of the molecule is CN(CO)c1cccc2c(O)cccc12. The first kappa shape index (κ1) is 9.80. The van der Waals surface area contributed by atoms with Crippen molar-refractivity contribution >= 4 is 16.5 Å². The molecule has 0 saturated heterocycles. The van der Waals surface area contributed by atoms with Gasteiger partial charge >= 0.3 is 0 Å². The van der Waals surface area contributed by atoms with Crippen LogP contribution in [0.15, 0.2) is 36.4 Å². The first-order valence-corrected chi connectivity index (χ1v) is 4.76. The second-order valence-electron chi connectivity index (χ2n) is 3.49. The fraction of sp³-hybridized carbons (Fsp3) is 0.167. The Morgan fingerprint density at radius 3 is 2.47 bits per heavy atom. The third kappa shape index (κ3) is 1.62. The van der Waals surface area contributed by atoms with E-state index in [-0.39, 0.29) is 12.5 Å². The lowest BCUT2D eigenvalue weighted by Gasteiger charge is -2.18. The van der Waals surface area contributed by atoms with Gasteiger partial charge in [0.15, 0.2) is 0 Å². The number of rotatable bonds is 2. The molecule has 0 unspecified atom stereocenters. The molecule has 2 N–H and O–H groups in total. The summed E-state index contributed by atoms with van der Waals surface area (Å²) in [7, 11) is 1.80. The van der Waals surface area contributed by atoms with Crippen LogP contribution in [-0.4, -0.2) is 24.0 Å². The summed E-state index contributed by atoms with van der Waals surface area (Å²) < 4.78 is 0. The Kier molecular flexibility index (Phi) is 2.47. The minimum absolute atomic E-state index is 0.0469. The standard InChI is InChI=1S/C12H13NO2/c1-13(8-14)11-6-2-5-10-9(11)4-3-7-12(10)15/h2-7,14-15H,8H2,1H3. The van der Waals surface area contributed by atoms with Crippen LogP contribution in [-0.2, 0) is 0 Å². The van der Waals surface area contributed by atoms with Crippen molar-refractivity contribution in [3.05, 3.63) is 36.4 Å². The lowest BCUT2D eigenvalue weighted by Crippen LogP contribution is -2.17. The summed E-state index contributed by atoms with van der Waals surface area (Å²) in [5, 5.41) is 20.5.